The number of carbonyl (C=O) groups excluding carboxylic acids is 2. The molecule has 1 aromatic carbocycles. The van der Waals surface area contributed by atoms with Crippen LogP contribution in [0.5, 0.6) is 0 Å². The molecule has 2 aliphatic rings. The monoisotopic (exact) mass is 329 g/mol. The Labute approximate surface area is 117 Å². The zero-order valence-electron chi connectivity index (χ0n) is 9.23. The largest absolute Gasteiger partial charge is 0.355 e. The smallest absolute Gasteiger partial charge is 0.263 e. The Morgan fingerprint density at radius 3 is 2.44 bits per heavy atom. The molecule has 0 aromatic heterocycles. The van der Waals surface area contributed by atoms with E-state index in [9.17, 15) is 9.59 Å². The van der Waals surface area contributed by atoms with Crippen molar-refractivity contribution in [2.75, 3.05) is 4.90 Å². The second-order valence-electron chi connectivity index (χ2n) is 4.30. The number of halogens is 2. The lowest BCUT2D eigenvalue weighted by Crippen LogP contribution is -2.52. The van der Waals surface area contributed by atoms with Crippen molar-refractivity contribution in [2.24, 2.45) is 0 Å². The molecule has 0 radical (unpaired) electrons. The number of fused-ring (bicyclic) bond motifs is 2. The summed E-state index contributed by atoms with van der Waals surface area (Å²) < 4.78 is 6.02. The van der Waals surface area contributed by atoms with Crippen LogP contribution in [0.25, 0.3) is 0 Å². The molecule has 2 fully saturated rings. The van der Waals surface area contributed by atoms with Gasteiger partial charge >= 0.3 is 0 Å². The SMILES string of the molecule is O=C1C2CCC(O2)C(=O)N1c1cc(Cl)ccc1Br. The summed E-state index contributed by atoms with van der Waals surface area (Å²) in [5.74, 6) is -0.617. The van der Waals surface area contributed by atoms with Crippen molar-refractivity contribution in [3.8, 4) is 0 Å². The highest BCUT2D eigenvalue weighted by atomic mass is 79.9. The molecule has 18 heavy (non-hydrogen) atoms. The van der Waals surface area contributed by atoms with Crippen LogP contribution in [0.15, 0.2) is 22.7 Å². The first kappa shape index (κ1) is 12.1. The molecule has 3 rings (SSSR count). The van der Waals surface area contributed by atoms with Crippen LogP contribution >= 0.6 is 27.5 Å². The summed E-state index contributed by atoms with van der Waals surface area (Å²) >= 11 is 9.25. The molecule has 2 atom stereocenters. The van der Waals surface area contributed by atoms with Gasteiger partial charge in [-0.3, -0.25) is 9.59 Å². The Balaban J connectivity index is 2.07. The summed E-state index contributed by atoms with van der Waals surface area (Å²) in [6, 6.07) is 5.01. The first-order valence-corrected chi connectivity index (χ1v) is 6.73. The highest BCUT2D eigenvalue weighted by Crippen LogP contribution is 2.36. The topological polar surface area (TPSA) is 46.6 Å². The minimum Gasteiger partial charge on any atom is -0.355 e. The minimum atomic E-state index is -0.501. The fourth-order valence-electron chi connectivity index (χ4n) is 2.29. The number of carbonyl (C=O) groups is 2. The summed E-state index contributed by atoms with van der Waals surface area (Å²) in [4.78, 5) is 25.5. The number of rotatable bonds is 1. The normalized spacial score (nSPS) is 26.9. The van der Waals surface area contributed by atoms with E-state index in [-0.39, 0.29) is 11.8 Å². The zero-order chi connectivity index (χ0) is 12.9. The van der Waals surface area contributed by atoms with Crippen LogP contribution in [0.4, 0.5) is 5.69 Å². The van der Waals surface area contributed by atoms with Crippen LogP contribution in [0.3, 0.4) is 0 Å². The van der Waals surface area contributed by atoms with Gasteiger partial charge in [0.2, 0.25) is 0 Å². The maximum Gasteiger partial charge on any atom is 0.263 e. The zero-order valence-corrected chi connectivity index (χ0v) is 11.6. The molecule has 0 N–H and O–H groups in total. The Morgan fingerprint density at radius 2 is 1.83 bits per heavy atom. The van der Waals surface area contributed by atoms with Crippen molar-refractivity contribution < 1.29 is 14.3 Å². The maximum atomic E-state index is 12.2. The Kier molecular flexibility index (Phi) is 2.92. The molecule has 2 aliphatic heterocycles. The van der Waals surface area contributed by atoms with E-state index in [1.807, 2.05) is 0 Å². The fraction of sp³-hybridized carbons (Fsp3) is 0.333. The van der Waals surface area contributed by atoms with Gasteiger partial charge in [0.15, 0.2) is 0 Å². The van der Waals surface area contributed by atoms with Gasteiger partial charge < -0.3 is 4.74 Å². The molecule has 2 saturated heterocycles. The summed E-state index contributed by atoms with van der Waals surface area (Å²) in [5, 5.41) is 0.479. The van der Waals surface area contributed by atoms with Crippen LogP contribution in [0, 0.1) is 0 Å². The molecule has 94 valence electrons. The van der Waals surface area contributed by atoms with Crippen LogP contribution in [-0.2, 0) is 14.3 Å². The van der Waals surface area contributed by atoms with Gasteiger partial charge in [0.05, 0.1) is 5.69 Å². The molecule has 2 bridgehead atoms. The predicted molar refractivity (Wildman–Crippen MR) is 69.5 cm³/mol. The average molecular weight is 331 g/mol. The predicted octanol–water partition coefficient (Wildman–Crippen LogP) is 2.52. The molecule has 2 unspecified atom stereocenters. The third-order valence-corrected chi connectivity index (χ3v) is 4.07. The molecule has 2 heterocycles. The molecule has 4 nitrogen and oxygen atoms in total. The minimum absolute atomic E-state index is 0.309. The van der Waals surface area contributed by atoms with E-state index in [4.69, 9.17) is 16.3 Å². The van der Waals surface area contributed by atoms with Crippen molar-refractivity contribution in [2.45, 2.75) is 25.0 Å². The third kappa shape index (κ3) is 1.77. The van der Waals surface area contributed by atoms with Gasteiger partial charge in [-0.05, 0) is 47.0 Å². The van der Waals surface area contributed by atoms with E-state index in [0.717, 1.165) is 0 Å². The number of amides is 2. The Bertz CT molecular complexity index is 526. The van der Waals surface area contributed by atoms with Crippen molar-refractivity contribution >= 4 is 45.0 Å². The third-order valence-electron chi connectivity index (χ3n) is 3.16. The lowest BCUT2D eigenvalue weighted by atomic mass is 10.2. The van der Waals surface area contributed by atoms with Gasteiger partial charge in [-0.15, -0.1) is 0 Å². The second kappa shape index (κ2) is 4.33. The summed E-state index contributed by atoms with van der Waals surface area (Å²) in [6.45, 7) is 0. The maximum absolute atomic E-state index is 12.2. The van der Waals surface area contributed by atoms with E-state index < -0.39 is 12.2 Å². The summed E-state index contributed by atoms with van der Waals surface area (Å²) in [7, 11) is 0. The molecule has 1 aromatic rings. The first-order chi connectivity index (χ1) is 8.58. The fourth-order valence-corrected chi connectivity index (χ4v) is 2.88. The molecule has 0 spiro atoms. The highest BCUT2D eigenvalue weighted by Gasteiger charge is 2.47. The quantitative estimate of drug-likeness (QED) is 0.743. The van der Waals surface area contributed by atoms with Crippen LogP contribution in [0.2, 0.25) is 5.02 Å². The summed E-state index contributed by atoms with van der Waals surface area (Å²) in [6.07, 6.45) is 0.200. The van der Waals surface area contributed by atoms with Crippen molar-refractivity contribution in [1.29, 1.82) is 0 Å². The van der Waals surface area contributed by atoms with E-state index in [1.54, 1.807) is 18.2 Å². The van der Waals surface area contributed by atoms with Crippen LogP contribution in [-0.4, -0.2) is 24.0 Å². The number of benzene rings is 1. The van der Waals surface area contributed by atoms with E-state index in [0.29, 0.717) is 28.0 Å². The number of hydrogen-bond acceptors (Lipinski definition) is 3. The lowest BCUT2D eigenvalue weighted by Gasteiger charge is -2.30. The van der Waals surface area contributed by atoms with E-state index >= 15 is 0 Å². The molecule has 0 saturated carbocycles. The van der Waals surface area contributed by atoms with Gasteiger partial charge in [0.25, 0.3) is 11.8 Å². The molecule has 2 amide bonds. The number of imide groups is 1. The molecule has 0 aliphatic carbocycles. The van der Waals surface area contributed by atoms with Crippen LogP contribution in [0.1, 0.15) is 12.8 Å². The summed E-state index contributed by atoms with van der Waals surface area (Å²) in [5.41, 5.74) is 0.484. The highest BCUT2D eigenvalue weighted by molar-refractivity contribution is 9.10. The van der Waals surface area contributed by atoms with E-state index in [1.165, 1.54) is 4.90 Å². The van der Waals surface area contributed by atoms with Crippen molar-refractivity contribution in [1.82, 2.24) is 0 Å². The number of morpholine rings is 1. The number of ether oxygens (including phenoxy) is 1. The van der Waals surface area contributed by atoms with Crippen molar-refractivity contribution in [3.05, 3.63) is 27.7 Å². The lowest BCUT2D eigenvalue weighted by molar-refractivity contribution is -0.146. The van der Waals surface area contributed by atoms with Crippen LogP contribution < -0.4 is 4.90 Å². The van der Waals surface area contributed by atoms with Gasteiger partial charge in [-0.25, -0.2) is 4.90 Å². The number of nitrogens with zero attached hydrogens (tertiary/aromatic N) is 1. The van der Waals surface area contributed by atoms with E-state index in [2.05, 4.69) is 15.9 Å². The van der Waals surface area contributed by atoms with Gasteiger partial charge in [-0.1, -0.05) is 11.6 Å². The molecular weight excluding hydrogens is 321 g/mol. The first-order valence-electron chi connectivity index (χ1n) is 5.56. The van der Waals surface area contributed by atoms with Crippen molar-refractivity contribution in [3.63, 3.8) is 0 Å². The van der Waals surface area contributed by atoms with Gasteiger partial charge in [0, 0.05) is 9.50 Å². The van der Waals surface area contributed by atoms with Gasteiger partial charge in [0.1, 0.15) is 12.2 Å². The molecule has 6 heteroatoms. The molecular formula is C12H9BrClNO3. The Morgan fingerprint density at radius 1 is 1.22 bits per heavy atom. The van der Waals surface area contributed by atoms with Gasteiger partial charge in [-0.2, -0.15) is 0 Å². The number of hydrogen-bond donors (Lipinski definition) is 0. The number of anilines is 1. The Hall–Kier alpha value is -0.910. The standard InChI is InChI=1S/C12H9BrClNO3/c13-7-2-1-6(14)5-8(7)15-11(16)9-3-4-10(18-9)12(15)17/h1-2,5,9-10H,3-4H2. The second-order valence-corrected chi connectivity index (χ2v) is 5.59. The average Bonchev–Trinajstić information content (AvgIpc) is 2.78.